The van der Waals surface area contributed by atoms with Gasteiger partial charge in [0.2, 0.25) is 0 Å². The molecule has 0 atom stereocenters. The van der Waals surface area contributed by atoms with Crippen LogP contribution in [0, 0.1) is 0 Å². The number of aromatic nitrogens is 5. The summed E-state index contributed by atoms with van der Waals surface area (Å²) in [6.07, 6.45) is 5.64. The average molecular weight is 426 g/mol. The summed E-state index contributed by atoms with van der Waals surface area (Å²) in [5.41, 5.74) is 0.834. The number of hydrogen-bond acceptors (Lipinski definition) is 4. The highest BCUT2D eigenvalue weighted by Gasteiger charge is 2.05. The van der Waals surface area contributed by atoms with Gasteiger partial charge < -0.3 is 10.6 Å². The minimum atomic E-state index is 0. The normalized spacial score (nSPS) is 11.3. The summed E-state index contributed by atoms with van der Waals surface area (Å²) >= 11 is 0. The van der Waals surface area contributed by atoms with Gasteiger partial charge in [0.1, 0.15) is 0 Å². The second kappa shape index (κ2) is 8.46. The Balaban J connectivity index is 0.00000192. The molecule has 122 valence electrons. The van der Waals surface area contributed by atoms with E-state index in [1.54, 1.807) is 13.2 Å². The van der Waals surface area contributed by atoms with Crippen molar-refractivity contribution in [2.24, 2.45) is 4.99 Å². The van der Waals surface area contributed by atoms with Gasteiger partial charge in [-0.2, -0.15) is 5.10 Å². The van der Waals surface area contributed by atoms with Crippen molar-refractivity contribution >= 4 is 35.6 Å². The third-order valence-corrected chi connectivity index (χ3v) is 3.21. The van der Waals surface area contributed by atoms with Crippen molar-refractivity contribution in [2.75, 3.05) is 13.6 Å². The van der Waals surface area contributed by atoms with Crippen LogP contribution in [0.2, 0.25) is 0 Å². The van der Waals surface area contributed by atoms with Gasteiger partial charge in [-0.05, 0) is 18.2 Å². The molecule has 23 heavy (non-hydrogen) atoms. The molecule has 0 aliphatic carbocycles. The third-order valence-electron chi connectivity index (χ3n) is 3.21. The van der Waals surface area contributed by atoms with Gasteiger partial charge in [0.25, 0.3) is 0 Å². The molecule has 0 amide bonds. The quantitative estimate of drug-likeness (QED) is 0.360. The van der Waals surface area contributed by atoms with Crippen LogP contribution in [0.25, 0.3) is 5.65 Å². The number of guanidine groups is 1. The van der Waals surface area contributed by atoms with Crippen LogP contribution in [-0.4, -0.2) is 43.9 Å². The minimum absolute atomic E-state index is 0. The molecule has 0 radical (unpaired) electrons. The Labute approximate surface area is 151 Å². The summed E-state index contributed by atoms with van der Waals surface area (Å²) < 4.78 is 3.82. The zero-order chi connectivity index (χ0) is 15.2. The first-order chi connectivity index (χ1) is 10.9. The van der Waals surface area contributed by atoms with Crippen LogP contribution in [-0.2, 0) is 13.1 Å². The molecular weight excluding hydrogens is 407 g/mol. The van der Waals surface area contributed by atoms with E-state index in [4.69, 9.17) is 0 Å². The van der Waals surface area contributed by atoms with Gasteiger partial charge >= 0.3 is 0 Å². The van der Waals surface area contributed by atoms with E-state index in [2.05, 4.69) is 30.9 Å². The first-order valence-electron chi connectivity index (χ1n) is 7.07. The second-order valence-electron chi connectivity index (χ2n) is 4.67. The van der Waals surface area contributed by atoms with Crippen molar-refractivity contribution in [2.45, 2.75) is 13.1 Å². The third kappa shape index (κ3) is 4.41. The largest absolute Gasteiger partial charge is 0.355 e. The van der Waals surface area contributed by atoms with Crippen LogP contribution in [0.15, 0.2) is 47.8 Å². The fourth-order valence-electron chi connectivity index (χ4n) is 2.12. The van der Waals surface area contributed by atoms with Gasteiger partial charge in [0.15, 0.2) is 17.4 Å². The maximum Gasteiger partial charge on any atom is 0.191 e. The molecule has 3 heterocycles. The van der Waals surface area contributed by atoms with Gasteiger partial charge in [-0.25, -0.2) is 0 Å². The Morgan fingerprint density at radius 1 is 1.17 bits per heavy atom. The molecule has 0 aliphatic rings. The standard InChI is InChI=1S/C14H18N8.HI/c1-15-14(16-7-10-21-8-4-6-18-21)17-11-13-20-19-12-5-2-3-9-22(12)13;/h2-6,8-9H,7,10-11H2,1H3,(H2,15,16,17);1H. The van der Waals surface area contributed by atoms with E-state index in [0.717, 1.165) is 30.5 Å². The Hall–Kier alpha value is -2.17. The van der Waals surface area contributed by atoms with Crippen LogP contribution in [0.5, 0.6) is 0 Å². The molecule has 3 aromatic rings. The van der Waals surface area contributed by atoms with Crippen LogP contribution in [0.3, 0.4) is 0 Å². The van der Waals surface area contributed by atoms with Crippen LogP contribution in [0.1, 0.15) is 5.82 Å². The molecule has 3 aromatic heterocycles. The Kier molecular flexibility index (Phi) is 6.32. The van der Waals surface area contributed by atoms with Gasteiger partial charge in [0.05, 0.1) is 13.1 Å². The van der Waals surface area contributed by atoms with Crippen molar-refractivity contribution in [3.63, 3.8) is 0 Å². The molecule has 0 saturated heterocycles. The average Bonchev–Trinajstić information content (AvgIpc) is 3.20. The lowest BCUT2D eigenvalue weighted by Gasteiger charge is -2.11. The van der Waals surface area contributed by atoms with Crippen LogP contribution >= 0.6 is 24.0 Å². The molecule has 0 aromatic carbocycles. The molecule has 0 fully saturated rings. The maximum atomic E-state index is 4.19. The lowest BCUT2D eigenvalue weighted by molar-refractivity contribution is 0.597. The van der Waals surface area contributed by atoms with Crippen molar-refractivity contribution in [1.29, 1.82) is 0 Å². The van der Waals surface area contributed by atoms with Crippen molar-refractivity contribution < 1.29 is 0 Å². The lowest BCUT2D eigenvalue weighted by Crippen LogP contribution is -2.38. The molecule has 0 saturated carbocycles. The van der Waals surface area contributed by atoms with E-state index >= 15 is 0 Å². The molecule has 8 nitrogen and oxygen atoms in total. The summed E-state index contributed by atoms with van der Waals surface area (Å²) in [6, 6.07) is 7.73. The van der Waals surface area contributed by atoms with Gasteiger partial charge in [-0.15, -0.1) is 34.2 Å². The summed E-state index contributed by atoms with van der Waals surface area (Å²) in [5, 5.41) is 18.9. The molecule has 3 rings (SSSR count). The number of hydrogen-bond donors (Lipinski definition) is 2. The number of fused-ring (bicyclic) bond motifs is 1. The van der Waals surface area contributed by atoms with E-state index in [1.807, 2.05) is 45.7 Å². The Bertz CT molecular complexity index is 749. The van der Waals surface area contributed by atoms with Gasteiger partial charge in [-0.3, -0.25) is 14.1 Å². The molecule has 0 aliphatic heterocycles. The fraction of sp³-hybridized carbons (Fsp3) is 0.286. The molecule has 9 heteroatoms. The van der Waals surface area contributed by atoms with Crippen molar-refractivity contribution in [1.82, 2.24) is 35.0 Å². The highest BCUT2D eigenvalue weighted by molar-refractivity contribution is 14.0. The Morgan fingerprint density at radius 3 is 2.87 bits per heavy atom. The van der Waals surface area contributed by atoms with E-state index in [0.29, 0.717) is 6.54 Å². The van der Waals surface area contributed by atoms with Crippen LogP contribution in [0.4, 0.5) is 0 Å². The number of pyridine rings is 1. The second-order valence-corrected chi connectivity index (χ2v) is 4.67. The van der Waals surface area contributed by atoms with E-state index in [9.17, 15) is 0 Å². The monoisotopic (exact) mass is 426 g/mol. The van der Waals surface area contributed by atoms with Crippen molar-refractivity contribution in [3.8, 4) is 0 Å². The maximum absolute atomic E-state index is 4.19. The number of nitrogens with zero attached hydrogens (tertiary/aromatic N) is 6. The van der Waals surface area contributed by atoms with Crippen LogP contribution < -0.4 is 10.6 Å². The smallest absolute Gasteiger partial charge is 0.191 e. The fourth-order valence-corrected chi connectivity index (χ4v) is 2.12. The SMILES string of the molecule is CN=C(NCCn1cccn1)NCc1nnc2ccccn12.I. The van der Waals surface area contributed by atoms with E-state index < -0.39 is 0 Å². The van der Waals surface area contributed by atoms with E-state index in [1.165, 1.54) is 0 Å². The lowest BCUT2D eigenvalue weighted by atomic mass is 10.4. The molecule has 2 N–H and O–H groups in total. The van der Waals surface area contributed by atoms with Crippen molar-refractivity contribution in [3.05, 3.63) is 48.7 Å². The zero-order valence-electron chi connectivity index (χ0n) is 12.8. The number of aliphatic imine (C=N–C) groups is 1. The van der Waals surface area contributed by atoms with Gasteiger partial charge in [-0.1, -0.05) is 6.07 Å². The Morgan fingerprint density at radius 2 is 2.09 bits per heavy atom. The molecule has 0 spiro atoms. The summed E-state index contributed by atoms with van der Waals surface area (Å²) in [6.45, 7) is 2.07. The molecular formula is C14H19IN8. The highest BCUT2D eigenvalue weighted by Crippen LogP contribution is 2.02. The zero-order valence-corrected chi connectivity index (χ0v) is 15.1. The summed E-state index contributed by atoms with van der Waals surface area (Å²) in [5.74, 6) is 1.56. The number of halogens is 1. The number of nitrogens with one attached hydrogen (secondary N) is 2. The molecule has 0 bridgehead atoms. The highest BCUT2D eigenvalue weighted by atomic mass is 127. The predicted octanol–water partition coefficient (Wildman–Crippen LogP) is 0.909. The topological polar surface area (TPSA) is 84.4 Å². The number of rotatable bonds is 5. The first kappa shape index (κ1) is 17.2. The minimum Gasteiger partial charge on any atom is -0.355 e. The predicted molar refractivity (Wildman–Crippen MR) is 98.8 cm³/mol. The first-order valence-corrected chi connectivity index (χ1v) is 7.07. The van der Waals surface area contributed by atoms with E-state index in [-0.39, 0.29) is 24.0 Å². The summed E-state index contributed by atoms with van der Waals surface area (Å²) in [4.78, 5) is 4.19. The van der Waals surface area contributed by atoms with Gasteiger partial charge in [0, 0.05) is 32.2 Å². The summed E-state index contributed by atoms with van der Waals surface area (Å²) in [7, 11) is 1.74. The molecule has 0 unspecified atom stereocenters.